The van der Waals surface area contributed by atoms with E-state index in [1.165, 1.54) is 12.8 Å². The molecule has 0 atom stereocenters. The molecule has 0 aromatic carbocycles. The Hall–Kier alpha value is -1.65. The van der Waals surface area contributed by atoms with E-state index in [0.29, 0.717) is 23.6 Å². The fourth-order valence-electron chi connectivity index (χ4n) is 2.26. The molecular formula is C13H19N3O2. The maximum atomic E-state index is 11.8. The van der Waals surface area contributed by atoms with Crippen LogP contribution in [-0.2, 0) is 4.74 Å². The highest BCUT2D eigenvalue weighted by molar-refractivity contribution is 5.91. The lowest BCUT2D eigenvalue weighted by atomic mass is 10.2. The van der Waals surface area contributed by atoms with Crippen LogP contribution in [0.1, 0.15) is 41.5 Å². The summed E-state index contributed by atoms with van der Waals surface area (Å²) in [4.78, 5) is 22.8. The lowest BCUT2D eigenvalue weighted by Gasteiger charge is -2.17. The number of carbonyl (C=O) groups is 1. The van der Waals surface area contributed by atoms with Crippen molar-refractivity contribution in [3.8, 4) is 0 Å². The minimum atomic E-state index is -0.333. The summed E-state index contributed by atoms with van der Waals surface area (Å²) >= 11 is 0. The topological polar surface area (TPSA) is 55.3 Å². The second-order valence-corrected chi connectivity index (χ2v) is 4.48. The van der Waals surface area contributed by atoms with Crippen molar-refractivity contribution in [2.75, 3.05) is 24.6 Å². The van der Waals surface area contributed by atoms with Crippen LogP contribution >= 0.6 is 0 Å². The first-order valence-electron chi connectivity index (χ1n) is 6.40. The molecule has 1 aromatic heterocycles. The first-order valence-corrected chi connectivity index (χ1v) is 6.40. The first kappa shape index (κ1) is 12.8. The highest BCUT2D eigenvalue weighted by Gasteiger charge is 2.21. The second kappa shape index (κ2) is 5.33. The number of anilines is 1. The van der Waals surface area contributed by atoms with Gasteiger partial charge >= 0.3 is 5.97 Å². The van der Waals surface area contributed by atoms with Crippen LogP contribution in [0.25, 0.3) is 0 Å². The van der Waals surface area contributed by atoms with Crippen molar-refractivity contribution in [2.45, 2.75) is 33.6 Å². The van der Waals surface area contributed by atoms with E-state index in [9.17, 15) is 4.79 Å². The standard InChI is InChI=1S/C13H19N3O2/c1-4-18-12(17)11-9(2)14-13(15-10(11)3)16-7-5-6-8-16/h4-8H2,1-3H3. The zero-order valence-electron chi connectivity index (χ0n) is 11.2. The summed E-state index contributed by atoms with van der Waals surface area (Å²) in [6.45, 7) is 7.82. The molecule has 0 saturated carbocycles. The van der Waals surface area contributed by atoms with E-state index in [1.807, 2.05) is 13.8 Å². The van der Waals surface area contributed by atoms with Gasteiger partial charge in [0.25, 0.3) is 0 Å². The molecule has 5 heteroatoms. The minimum absolute atomic E-state index is 0.333. The number of esters is 1. The highest BCUT2D eigenvalue weighted by atomic mass is 16.5. The Morgan fingerprint density at radius 2 is 1.78 bits per heavy atom. The van der Waals surface area contributed by atoms with E-state index >= 15 is 0 Å². The van der Waals surface area contributed by atoms with Gasteiger partial charge in [-0.2, -0.15) is 0 Å². The van der Waals surface area contributed by atoms with Crippen molar-refractivity contribution in [3.05, 3.63) is 17.0 Å². The molecule has 1 saturated heterocycles. The van der Waals surface area contributed by atoms with Crippen molar-refractivity contribution in [1.29, 1.82) is 0 Å². The van der Waals surface area contributed by atoms with E-state index in [2.05, 4.69) is 14.9 Å². The van der Waals surface area contributed by atoms with Gasteiger partial charge in [-0.25, -0.2) is 14.8 Å². The summed E-state index contributed by atoms with van der Waals surface area (Å²) in [7, 11) is 0. The Morgan fingerprint density at radius 1 is 1.22 bits per heavy atom. The van der Waals surface area contributed by atoms with E-state index < -0.39 is 0 Å². The number of nitrogens with zero attached hydrogens (tertiary/aromatic N) is 3. The van der Waals surface area contributed by atoms with Crippen LogP contribution in [0.3, 0.4) is 0 Å². The number of aryl methyl sites for hydroxylation is 2. The number of hydrogen-bond donors (Lipinski definition) is 0. The summed E-state index contributed by atoms with van der Waals surface area (Å²) in [6, 6.07) is 0. The third kappa shape index (κ3) is 2.44. The highest BCUT2D eigenvalue weighted by Crippen LogP contribution is 2.19. The molecule has 2 rings (SSSR count). The molecule has 18 heavy (non-hydrogen) atoms. The fraction of sp³-hybridized carbons (Fsp3) is 0.615. The number of ether oxygens (including phenoxy) is 1. The van der Waals surface area contributed by atoms with E-state index in [0.717, 1.165) is 19.0 Å². The molecule has 2 heterocycles. The lowest BCUT2D eigenvalue weighted by molar-refractivity contribution is 0.0523. The molecule has 0 unspecified atom stereocenters. The van der Waals surface area contributed by atoms with Crippen LogP contribution in [-0.4, -0.2) is 35.6 Å². The summed E-state index contributed by atoms with van der Waals surface area (Å²) in [5, 5.41) is 0. The van der Waals surface area contributed by atoms with Crippen LogP contribution in [0.5, 0.6) is 0 Å². The van der Waals surface area contributed by atoms with Crippen molar-refractivity contribution in [1.82, 2.24) is 9.97 Å². The summed E-state index contributed by atoms with van der Waals surface area (Å²) in [6.07, 6.45) is 2.36. The Morgan fingerprint density at radius 3 is 2.28 bits per heavy atom. The molecule has 0 amide bonds. The number of carbonyl (C=O) groups excluding carboxylic acids is 1. The molecule has 1 fully saturated rings. The van der Waals surface area contributed by atoms with Crippen LogP contribution in [0, 0.1) is 13.8 Å². The average molecular weight is 249 g/mol. The predicted molar refractivity (Wildman–Crippen MR) is 68.9 cm³/mol. The smallest absolute Gasteiger partial charge is 0.341 e. The predicted octanol–water partition coefficient (Wildman–Crippen LogP) is 1.87. The van der Waals surface area contributed by atoms with E-state index in [1.54, 1.807) is 6.92 Å². The lowest BCUT2D eigenvalue weighted by Crippen LogP contribution is -2.22. The third-order valence-electron chi connectivity index (χ3n) is 3.13. The van der Waals surface area contributed by atoms with E-state index in [-0.39, 0.29) is 5.97 Å². The zero-order chi connectivity index (χ0) is 13.1. The third-order valence-corrected chi connectivity index (χ3v) is 3.13. The van der Waals surface area contributed by atoms with Gasteiger partial charge in [0.1, 0.15) is 5.56 Å². The van der Waals surface area contributed by atoms with Crippen molar-refractivity contribution in [2.24, 2.45) is 0 Å². The van der Waals surface area contributed by atoms with Crippen LogP contribution in [0.2, 0.25) is 0 Å². The van der Waals surface area contributed by atoms with Gasteiger partial charge in [-0.15, -0.1) is 0 Å². The first-order chi connectivity index (χ1) is 8.63. The molecule has 0 bridgehead atoms. The fourth-order valence-corrected chi connectivity index (χ4v) is 2.26. The van der Waals surface area contributed by atoms with Gasteiger partial charge in [-0.05, 0) is 33.6 Å². The number of aromatic nitrogens is 2. The molecule has 0 aliphatic carbocycles. The monoisotopic (exact) mass is 249 g/mol. The summed E-state index contributed by atoms with van der Waals surface area (Å²) < 4.78 is 5.02. The van der Waals surface area contributed by atoms with Crippen molar-refractivity contribution < 1.29 is 9.53 Å². The maximum absolute atomic E-state index is 11.8. The largest absolute Gasteiger partial charge is 0.462 e. The quantitative estimate of drug-likeness (QED) is 0.765. The Balaban J connectivity index is 2.31. The molecule has 0 N–H and O–H groups in total. The minimum Gasteiger partial charge on any atom is -0.462 e. The van der Waals surface area contributed by atoms with Crippen molar-refractivity contribution in [3.63, 3.8) is 0 Å². The molecule has 1 aliphatic rings. The van der Waals surface area contributed by atoms with E-state index in [4.69, 9.17) is 4.74 Å². The summed E-state index contributed by atoms with van der Waals surface area (Å²) in [5.41, 5.74) is 1.89. The zero-order valence-corrected chi connectivity index (χ0v) is 11.2. The second-order valence-electron chi connectivity index (χ2n) is 4.48. The number of rotatable bonds is 3. The van der Waals surface area contributed by atoms with Crippen molar-refractivity contribution >= 4 is 11.9 Å². The normalized spacial score (nSPS) is 14.9. The Kier molecular flexibility index (Phi) is 3.79. The van der Waals surface area contributed by atoms with Gasteiger partial charge < -0.3 is 9.64 Å². The Labute approximate surface area is 107 Å². The molecule has 98 valence electrons. The Bertz CT molecular complexity index is 431. The molecule has 5 nitrogen and oxygen atoms in total. The van der Waals surface area contributed by atoms with Gasteiger partial charge in [0.05, 0.1) is 18.0 Å². The SMILES string of the molecule is CCOC(=O)c1c(C)nc(N2CCCC2)nc1C. The van der Waals surface area contributed by atoms with Gasteiger partial charge in [0.2, 0.25) is 5.95 Å². The van der Waals surface area contributed by atoms with Crippen LogP contribution in [0.15, 0.2) is 0 Å². The number of hydrogen-bond acceptors (Lipinski definition) is 5. The molecule has 0 radical (unpaired) electrons. The van der Waals surface area contributed by atoms with Crippen LogP contribution < -0.4 is 4.90 Å². The summed E-state index contributed by atoms with van der Waals surface area (Å²) in [5.74, 6) is 0.399. The van der Waals surface area contributed by atoms with Gasteiger partial charge in [-0.1, -0.05) is 0 Å². The maximum Gasteiger partial charge on any atom is 0.341 e. The molecule has 1 aliphatic heterocycles. The average Bonchev–Trinajstić information content (AvgIpc) is 2.81. The van der Waals surface area contributed by atoms with Gasteiger partial charge in [0.15, 0.2) is 0 Å². The molecule has 0 spiro atoms. The molecular weight excluding hydrogens is 230 g/mol. The van der Waals surface area contributed by atoms with Gasteiger partial charge in [-0.3, -0.25) is 0 Å². The van der Waals surface area contributed by atoms with Gasteiger partial charge in [0, 0.05) is 13.1 Å². The molecule has 1 aromatic rings. The van der Waals surface area contributed by atoms with Crippen LogP contribution in [0.4, 0.5) is 5.95 Å².